The molecule has 1 N–H and O–H groups in total. The molecular weight excluding hydrogens is 414 g/mol. The average molecular weight is 442 g/mol. The number of fused-ring (bicyclic) bond motifs is 1. The van der Waals surface area contributed by atoms with Crippen LogP contribution in [0.3, 0.4) is 0 Å². The Labute approximate surface area is 192 Å². The van der Waals surface area contributed by atoms with E-state index in [1.807, 2.05) is 65.2 Å². The van der Waals surface area contributed by atoms with Crippen molar-refractivity contribution < 1.29 is 9.53 Å². The standard InChI is InChI=1S/C27H27N3O3/c31-26-28-24-13-7-8-14-25(24)30(26)22-15-17-29(18-16-22)27(32)33-19-23(20-9-3-1-4-10-20)21-11-5-2-6-12-21/h1-14,22-23H,15-19H2,(H,28,31). The molecule has 0 atom stereocenters. The predicted octanol–water partition coefficient (Wildman–Crippen LogP) is 4.94. The molecule has 1 aromatic heterocycles. The summed E-state index contributed by atoms with van der Waals surface area (Å²) in [6.45, 7) is 1.42. The minimum absolute atomic E-state index is 0.0151. The first-order chi connectivity index (χ1) is 16.2. The number of hydrogen-bond donors (Lipinski definition) is 1. The fourth-order valence-corrected chi connectivity index (χ4v) is 4.74. The van der Waals surface area contributed by atoms with E-state index >= 15 is 0 Å². The molecule has 1 aliphatic rings. The largest absolute Gasteiger partial charge is 0.448 e. The molecule has 0 saturated carbocycles. The van der Waals surface area contributed by atoms with Crippen LogP contribution in [0.5, 0.6) is 0 Å². The summed E-state index contributed by atoms with van der Waals surface area (Å²) in [5.74, 6) is -0.0151. The molecule has 0 spiro atoms. The Morgan fingerprint density at radius 2 is 1.45 bits per heavy atom. The van der Waals surface area contributed by atoms with Crippen LogP contribution in [-0.2, 0) is 4.74 Å². The van der Waals surface area contributed by atoms with Crippen LogP contribution in [0.4, 0.5) is 4.79 Å². The first kappa shape index (κ1) is 21.1. The van der Waals surface area contributed by atoms with Crippen LogP contribution in [0.15, 0.2) is 89.7 Å². The highest BCUT2D eigenvalue weighted by Crippen LogP contribution is 2.27. The van der Waals surface area contributed by atoms with E-state index in [0.29, 0.717) is 13.1 Å². The average Bonchev–Trinajstić information content (AvgIpc) is 3.21. The van der Waals surface area contributed by atoms with Gasteiger partial charge in [0, 0.05) is 25.0 Å². The molecule has 2 heterocycles. The number of imidazole rings is 1. The van der Waals surface area contributed by atoms with Gasteiger partial charge in [0.1, 0.15) is 6.61 Å². The molecule has 1 aliphatic heterocycles. The van der Waals surface area contributed by atoms with Crippen LogP contribution in [0.25, 0.3) is 11.0 Å². The summed E-state index contributed by atoms with van der Waals surface area (Å²) < 4.78 is 7.62. The maximum atomic E-state index is 12.9. The van der Waals surface area contributed by atoms with Crippen LogP contribution in [0, 0.1) is 0 Å². The highest BCUT2D eigenvalue weighted by molar-refractivity contribution is 5.75. The lowest BCUT2D eigenvalue weighted by molar-refractivity contribution is 0.0862. The van der Waals surface area contributed by atoms with Crippen molar-refractivity contribution in [2.45, 2.75) is 24.8 Å². The number of ether oxygens (including phenoxy) is 1. The highest BCUT2D eigenvalue weighted by Gasteiger charge is 2.27. The summed E-state index contributed by atoms with van der Waals surface area (Å²) in [7, 11) is 0. The normalized spacial score (nSPS) is 14.6. The Morgan fingerprint density at radius 1 is 0.879 bits per heavy atom. The summed E-state index contributed by atoms with van der Waals surface area (Å²) >= 11 is 0. The molecule has 1 amide bonds. The number of aromatic amines is 1. The predicted molar refractivity (Wildman–Crippen MR) is 128 cm³/mol. The SMILES string of the molecule is O=C(OCC(c1ccccc1)c1ccccc1)N1CCC(n2c(=O)[nH]c3ccccc32)CC1. The second-order valence-electron chi connectivity index (χ2n) is 8.49. The van der Waals surface area contributed by atoms with E-state index in [0.717, 1.165) is 35.0 Å². The number of carbonyl (C=O) groups is 1. The molecule has 5 rings (SSSR count). The Kier molecular flexibility index (Phi) is 5.98. The van der Waals surface area contributed by atoms with Gasteiger partial charge in [-0.1, -0.05) is 72.8 Å². The van der Waals surface area contributed by atoms with Gasteiger partial charge in [-0.3, -0.25) is 4.57 Å². The van der Waals surface area contributed by atoms with Gasteiger partial charge < -0.3 is 14.6 Å². The number of nitrogens with zero attached hydrogens (tertiary/aromatic N) is 2. The van der Waals surface area contributed by atoms with E-state index in [4.69, 9.17) is 4.74 Å². The number of hydrogen-bond acceptors (Lipinski definition) is 3. The molecule has 4 aromatic rings. The van der Waals surface area contributed by atoms with Crippen molar-refractivity contribution in [3.05, 3.63) is 107 Å². The zero-order valence-corrected chi connectivity index (χ0v) is 18.4. The molecule has 6 nitrogen and oxygen atoms in total. The van der Waals surface area contributed by atoms with Gasteiger partial charge in [0.25, 0.3) is 0 Å². The molecule has 0 radical (unpaired) electrons. The van der Waals surface area contributed by atoms with Gasteiger partial charge in [-0.15, -0.1) is 0 Å². The van der Waals surface area contributed by atoms with Crippen LogP contribution < -0.4 is 5.69 Å². The van der Waals surface area contributed by atoms with E-state index in [-0.39, 0.29) is 30.3 Å². The Bertz CT molecular complexity index is 1230. The van der Waals surface area contributed by atoms with Crippen molar-refractivity contribution in [1.29, 1.82) is 0 Å². The maximum absolute atomic E-state index is 12.9. The van der Waals surface area contributed by atoms with Gasteiger partial charge in [-0.25, -0.2) is 9.59 Å². The van der Waals surface area contributed by atoms with Crippen molar-refractivity contribution in [3.8, 4) is 0 Å². The van der Waals surface area contributed by atoms with Crippen LogP contribution >= 0.6 is 0 Å². The Morgan fingerprint density at radius 3 is 2.09 bits per heavy atom. The van der Waals surface area contributed by atoms with E-state index in [2.05, 4.69) is 29.2 Å². The number of piperidine rings is 1. The third kappa shape index (κ3) is 4.42. The number of likely N-dealkylation sites (tertiary alicyclic amines) is 1. The van der Waals surface area contributed by atoms with E-state index in [1.165, 1.54) is 0 Å². The minimum atomic E-state index is -0.295. The first-order valence-corrected chi connectivity index (χ1v) is 11.4. The number of H-pyrrole nitrogens is 1. The molecule has 1 fully saturated rings. The third-order valence-corrected chi connectivity index (χ3v) is 6.49. The van der Waals surface area contributed by atoms with Crippen molar-refractivity contribution in [2.75, 3.05) is 19.7 Å². The lowest BCUT2D eigenvalue weighted by Gasteiger charge is -2.32. The number of benzene rings is 3. The number of aromatic nitrogens is 2. The molecule has 168 valence electrons. The fourth-order valence-electron chi connectivity index (χ4n) is 4.74. The summed E-state index contributed by atoms with van der Waals surface area (Å²) in [4.78, 5) is 30.0. The molecule has 0 bridgehead atoms. The minimum Gasteiger partial charge on any atom is -0.448 e. The second-order valence-corrected chi connectivity index (χ2v) is 8.49. The molecule has 33 heavy (non-hydrogen) atoms. The Balaban J connectivity index is 1.24. The molecule has 3 aromatic carbocycles. The summed E-state index contributed by atoms with van der Waals surface area (Å²) in [5, 5.41) is 0. The van der Waals surface area contributed by atoms with E-state index in [9.17, 15) is 9.59 Å². The third-order valence-electron chi connectivity index (χ3n) is 6.49. The number of amides is 1. The number of carbonyl (C=O) groups excluding carboxylic acids is 1. The molecule has 6 heteroatoms. The van der Waals surface area contributed by atoms with Gasteiger partial charge >= 0.3 is 11.8 Å². The van der Waals surface area contributed by atoms with Crippen LogP contribution in [0.2, 0.25) is 0 Å². The van der Waals surface area contributed by atoms with Crippen molar-refractivity contribution in [1.82, 2.24) is 14.5 Å². The summed E-state index contributed by atoms with van der Waals surface area (Å²) in [6.07, 6.45) is 1.14. The highest BCUT2D eigenvalue weighted by atomic mass is 16.6. The van der Waals surface area contributed by atoms with Gasteiger partial charge in [0.2, 0.25) is 0 Å². The number of para-hydroxylation sites is 2. The second kappa shape index (κ2) is 9.36. The summed E-state index contributed by atoms with van der Waals surface area (Å²) in [6, 6.07) is 28.0. The van der Waals surface area contributed by atoms with Crippen LogP contribution in [-0.4, -0.2) is 40.2 Å². The topological polar surface area (TPSA) is 67.3 Å². The first-order valence-electron chi connectivity index (χ1n) is 11.4. The molecular formula is C27H27N3O3. The van der Waals surface area contributed by atoms with Crippen molar-refractivity contribution >= 4 is 17.1 Å². The smallest absolute Gasteiger partial charge is 0.409 e. The van der Waals surface area contributed by atoms with Crippen molar-refractivity contribution in [2.24, 2.45) is 0 Å². The van der Waals surface area contributed by atoms with Gasteiger partial charge in [-0.2, -0.15) is 0 Å². The van der Waals surface area contributed by atoms with Crippen molar-refractivity contribution in [3.63, 3.8) is 0 Å². The van der Waals surface area contributed by atoms with Gasteiger partial charge in [0.05, 0.1) is 11.0 Å². The number of nitrogens with one attached hydrogen (secondary N) is 1. The van der Waals surface area contributed by atoms with Gasteiger partial charge in [-0.05, 0) is 36.1 Å². The van der Waals surface area contributed by atoms with Gasteiger partial charge in [0.15, 0.2) is 0 Å². The maximum Gasteiger partial charge on any atom is 0.409 e. The zero-order valence-electron chi connectivity index (χ0n) is 18.4. The Hall–Kier alpha value is -3.80. The fraction of sp³-hybridized carbons (Fsp3) is 0.259. The zero-order chi connectivity index (χ0) is 22.6. The van der Waals surface area contributed by atoms with E-state index < -0.39 is 0 Å². The number of rotatable bonds is 5. The monoisotopic (exact) mass is 441 g/mol. The lowest BCUT2D eigenvalue weighted by atomic mass is 9.92. The lowest BCUT2D eigenvalue weighted by Crippen LogP contribution is -2.41. The van der Waals surface area contributed by atoms with Crippen LogP contribution in [0.1, 0.15) is 35.9 Å². The van der Waals surface area contributed by atoms with E-state index in [1.54, 1.807) is 4.90 Å². The molecule has 1 saturated heterocycles. The quantitative estimate of drug-likeness (QED) is 0.477. The summed E-state index contributed by atoms with van der Waals surface area (Å²) in [5.41, 5.74) is 3.91. The molecule has 0 aliphatic carbocycles. The molecule has 0 unspecified atom stereocenters.